The number of piperidine rings is 1. The standard InChI is InChI=1S/C29H34N6O3S/c1-16(2)38-22-14-19(18-9-11-35(4)12-10-18)17(3)13-21(22)33-29-31-15-23-26(34-29)25(27(39-23)28(30)36)20-7-6-8-24(32-20)37-5/h6-8,13-16,18H,9-12H2,1-5H3,(H2,30,36)(H,31,33,34). The maximum Gasteiger partial charge on any atom is 0.259 e. The SMILES string of the molecule is COc1cccc(-c2c(C(N)=O)sc3cnc(Nc4cc(C)c(C5CCN(C)CC5)cc4OC(C)C)nc23)n1. The van der Waals surface area contributed by atoms with Crippen molar-refractivity contribution in [2.45, 2.75) is 45.6 Å². The number of aromatic nitrogens is 3. The Labute approximate surface area is 232 Å². The average molecular weight is 547 g/mol. The van der Waals surface area contributed by atoms with Gasteiger partial charge in [0.15, 0.2) is 0 Å². The Morgan fingerprint density at radius 2 is 1.97 bits per heavy atom. The molecule has 3 aromatic heterocycles. The molecule has 5 rings (SSSR count). The lowest BCUT2D eigenvalue weighted by Crippen LogP contribution is -2.29. The van der Waals surface area contributed by atoms with Crippen LogP contribution in [0.3, 0.4) is 0 Å². The van der Waals surface area contributed by atoms with Crippen LogP contribution in [0.1, 0.15) is 53.4 Å². The van der Waals surface area contributed by atoms with Crippen LogP contribution in [0.15, 0.2) is 36.5 Å². The van der Waals surface area contributed by atoms with Crippen molar-refractivity contribution in [2.75, 3.05) is 32.6 Å². The first-order valence-corrected chi connectivity index (χ1v) is 13.9. The number of thiophene rings is 1. The molecule has 1 aromatic carbocycles. The number of nitrogens with two attached hydrogens (primary N) is 1. The number of carbonyl (C=O) groups is 1. The van der Waals surface area contributed by atoms with E-state index in [1.54, 1.807) is 19.4 Å². The van der Waals surface area contributed by atoms with E-state index in [-0.39, 0.29) is 6.10 Å². The molecule has 0 atom stereocenters. The number of hydrogen-bond acceptors (Lipinski definition) is 9. The van der Waals surface area contributed by atoms with Crippen LogP contribution in [0.25, 0.3) is 21.5 Å². The summed E-state index contributed by atoms with van der Waals surface area (Å²) in [5.74, 6) is 1.56. The van der Waals surface area contributed by atoms with Crippen molar-refractivity contribution >= 4 is 39.1 Å². The Kier molecular flexibility index (Phi) is 7.67. The second kappa shape index (κ2) is 11.2. The van der Waals surface area contributed by atoms with Crippen molar-refractivity contribution in [2.24, 2.45) is 5.73 Å². The van der Waals surface area contributed by atoms with Gasteiger partial charge in [0.05, 0.1) is 46.6 Å². The van der Waals surface area contributed by atoms with Crippen LogP contribution in [0.5, 0.6) is 11.6 Å². The van der Waals surface area contributed by atoms with E-state index in [2.05, 4.69) is 46.3 Å². The highest BCUT2D eigenvalue weighted by atomic mass is 32.1. The molecular weight excluding hydrogens is 512 g/mol. The smallest absolute Gasteiger partial charge is 0.259 e. The molecule has 1 amide bonds. The van der Waals surface area contributed by atoms with Gasteiger partial charge < -0.3 is 25.4 Å². The summed E-state index contributed by atoms with van der Waals surface area (Å²) >= 11 is 1.25. The summed E-state index contributed by atoms with van der Waals surface area (Å²) in [4.78, 5) is 29.0. The summed E-state index contributed by atoms with van der Waals surface area (Å²) < 4.78 is 12.3. The first-order valence-electron chi connectivity index (χ1n) is 13.1. The van der Waals surface area contributed by atoms with Crippen LogP contribution in [0, 0.1) is 6.92 Å². The molecule has 4 aromatic rings. The molecule has 0 aliphatic carbocycles. The molecule has 1 fully saturated rings. The Balaban J connectivity index is 1.55. The third kappa shape index (κ3) is 5.67. The number of nitrogens with one attached hydrogen (secondary N) is 1. The number of anilines is 2. The lowest BCUT2D eigenvalue weighted by Gasteiger charge is -2.30. The molecule has 9 nitrogen and oxygen atoms in total. The Hall–Kier alpha value is -3.76. The minimum Gasteiger partial charge on any atom is -0.489 e. The molecule has 1 saturated heterocycles. The molecule has 3 N–H and O–H groups in total. The van der Waals surface area contributed by atoms with E-state index in [9.17, 15) is 4.79 Å². The molecule has 0 saturated carbocycles. The molecule has 10 heteroatoms. The number of pyridine rings is 1. The zero-order chi connectivity index (χ0) is 27.7. The number of fused-ring (bicyclic) bond motifs is 1. The van der Waals surface area contributed by atoms with Crippen molar-refractivity contribution in [1.82, 2.24) is 19.9 Å². The van der Waals surface area contributed by atoms with Crippen molar-refractivity contribution < 1.29 is 14.3 Å². The van der Waals surface area contributed by atoms with Crippen molar-refractivity contribution in [3.63, 3.8) is 0 Å². The highest BCUT2D eigenvalue weighted by Crippen LogP contribution is 2.40. The molecule has 0 bridgehead atoms. The largest absolute Gasteiger partial charge is 0.489 e. The maximum atomic E-state index is 12.4. The van der Waals surface area contributed by atoms with Gasteiger partial charge in [-0.25, -0.2) is 15.0 Å². The minimum absolute atomic E-state index is 0.00253. The van der Waals surface area contributed by atoms with Crippen LogP contribution in [0.4, 0.5) is 11.6 Å². The molecule has 4 heterocycles. The number of nitrogens with zero attached hydrogens (tertiary/aromatic N) is 4. The number of aryl methyl sites for hydroxylation is 1. The zero-order valence-electron chi connectivity index (χ0n) is 22.9. The summed E-state index contributed by atoms with van der Waals surface area (Å²) in [5.41, 5.74) is 10.8. The Morgan fingerprint density at radius 1 is 1.21 bits per heavy atom. The monoisotopic (exact) mass is 546 g/mol. The van der Waals surface area contributed by atoms with Gasteiger partial charge in [-0.2, -0.15) is 0 Å². The van der Waals surface area contributed by atoms with Crippen LogP contribution >= 0.6 is 11.3 Å². The van der Waals surface area contributed by atoms with Gasteiger partial charge in [-0.3, -0.25) is 4.79 Å². The first kappa shape index (κ1) is 26.8. The van der Waals surface area contributed by atoms with Crippen molar-refractivity contribution in [3.05, 3.63) is 52.5 Å². The van der Waals surface area contributed by atoms with Crippen LogP contribution in [-0.4, -0.2) is 59.1 Å². The van der Waals surface area contributed by atoms with Crippen LogP contribution in [-0.2, 0) is 0 Å². The van der Waals surface area contributed by atoms with Crippen molar-refractivity contribution in [3.8, 4) is 22.9 Å². The molecule has 0 spiro atoms. The van der Waals surface area contributed by atoms with E-state index in [1.165, 1.54) is 22.5 Å². The topological polar surface area (TPSA) is 115 Å². The lowest BCUT2D eigenvalue weighted by molar-refractivity contribution is 0.100. The highest BCUT2D eigenvalue weighted by Gasteiger charge is 2.24. The average Bonchev–Trinajstić information content (AvgIpc) is 3.30. The molecule has 1 aliphatic rings. The number of rotatable bonds is 8. The van der Waals surface area contributed by atoms with Crippen LogP contribution < -0.4 is 20.5 Å². The predicted molar refractivity (Wildman–Crippen MR) is 155 cm³/mol. The first-order chi connectivity index (χ1) is 18.7. The van der Waals surface area contributed by atoms with Gasteiger partial charge in [0.25, 0.3) is 5.91 Å². The van der Waals surface area contributed by atoms with Gasteiger partial charge in [-0.15, -0.1) is 11.3 Å². The van der Waals surface area contributed by atoms with Gasteiger partial charge in [0.1, 0.15) is 10.6 Å². The predicted octanol–water partition coefficient (Wildman–Crippen LogP) is 5.51. The summed E-state index contributed by atoms with van der Waals surface area (Å²) in [6.45, 7) is 8.37. The number of amides is 1. The van der Waals surface area contributed by atoms with E-state index in [4.69, 9.17) is 20.2 Å². The van der Waals surface area contributed by atoms with Crippen LogP contribution in [0.2, 0.25) is 0 Å². The van der Waals surface area contributed by atoms with Gasteiger partial charge >= 0.3 is 0 Å². The number of benzene rings is 1. The normalized spacial score (nSPS) is 14.6. The van der Waals surface area contributed by atoms with Gasteiger partial charge in [0, 0.05) is 6.07 Å². The van der Waals surface area contributed by atoms with E-state index in [0.29, 0.717) is 39.4 Å². The molecule has 204 valence electrons. The lowest BCUT2D eigenvalue weighted by atomic mass is 9.86. The minimum atomic E-state index is -0.542. The Morgan fingerprint density at radius 3 is 2.67 bits per heavy atom. The summed E-state index contributed by atoms with van der Waals surface area (Å²) in [6, 6.07) is 9.67. The van der Waals surface area contributed by atoms with Gasteiger partial charge in [-0.05, 0) is 89.0 Å². The van der Waals surface area contributed by atoms with E-state index in [1.807, 2.05) is 26.0 Å². The molecule has 1 aliphatic heterocycles. The third-order valence-corrected chi connectivity index (χ3v) is 8.11. The van der Waals surface area contributed by atoms with E-state index >= 15 is 0 Å². The number of likely N-dealkylation sites (tertiary alicyclic amines) is 1. The summed E-state index contributed by atoms with van der Waals surface area (Å²) in [7, 11) is 3.73. The van der Waals surface area contributed by atoms with E-state index < -0.39 is 5.91 Å². The third-order valence-electron chi connectivity index (χ3n) is 6.98. The Bertz CT molecular complexity index is 1510. The maximum absolute atomic E-state index is 12.4. The highest BCUT2D eigenvalue weighted by molar-refractivity contribution is 7.21. The summed E-state index contributed by atoms with van der Waals surface area (Å²) in [5, 5.41) is 3.38. The molecular formula is C29H34N6O3S. The van der Waals surface area contributed by atoms with Gasteiger partial charge in [0.2, 0.25) is 11.8 Å². The molecule has 0 radical (unpaired) electrons. The number of hydrogen-bond donors (Lipinski definition) is 2. The van der Waals surface area contributed by atoms with Crippen molar-refractivity contribution in [1.29, 1.82) is 0 Å². The fraction of sp³-hybridized carbons (Fsp3) is 0.379. The fourth-order valence-electron chi connectivity index (χ4n) is 5.06. The quantitative estimate of drug-likeness (QED) is 0.297. The number of carbonyl (C=O) groups excluding carboxylic acids is 1. The van der Waals surface area contributed by atoms with E-state index in [0.717, 1.165) is 42.1 Å². The number of methoxy groups -OCH3 is 1. The molecule has 0 unspecified atom stereocenters. The number of ether oxygens (including phenoxy) is 2. The summed E-state index contributed by atoms with van der Waals surface area (Å²) in [6.07, 6.45) is 3.97. The van der Waals surface area contributed by atoms with Gasteiger partial charge in [-0.1, -0.05) is 6.07 Å². The fourth-order valence-corrected chi connectivity index (χ4v) is 6.04. The number of primary amides is 1. The second-order valence-electron chi connectivity index (χ2n) is 10.2. The zero-order valence-corrected chi connectivity index (χ0v) is 23.8. The second-order valence-corrected chi connectivity index (χ2v) is 11.3. The molecule has 39 heavy (non-hydrogen) atoms.